The third-order valence-corrected chi connectivity index (χ3v) is 1.92. The zero-order chi connectivity index (χ0) is 8.55. The van der Waals surface area contributed by atoms with E-state index in [1.165, 1.54) is 0 Å². The van der Waals surface area contributed by atoms with Crippen LogP contribution >= 0.6 is 12.4 Å². The van der Waals surface area contributed by atoms with Crippen LogP contribution in [-0.4, -0.2) is 12.9 Å². The maximum atomic E-state index is 5.59. The number of amidine groups is 1. The van der Waals surface area contributed by atoms with Gasteiger partial charge < -0.3 is 10.5 Å². The molecule has 13 heavy (non-hydrogen) atoms. The van der Waals surface area contributed by atoms with Gasteiger partial charge in [0.25, 0.3) is 0 Å². The smallest absolute Gasteiger partial charge is 0.119 e. The molecule has 0 fully saturated rings. The number of hydrogen-bond donors (Lipinski definition) is 1. The summed E-state index contributed by atoms with van der Waals surface area (Å²) in [7, 11) is 1.65. The van der Waals surface area contributed by atoms with Gasteiger partial charge in [0.05, 0.1) is 12.8 Å². The number of methoxy groups -OCH3 is 1. The molecule has 0 aromatic heterocycles. The van der Waals surface area contributed by atoms with E-state index in [-0.39, 0.29) is 12.4 Å². The number of ether oxygens (including phenoxy) is 1. The third kappa shape index (κ3) is 1.75. The second kappa shape index (κ2) is 3.66. The van der Waals surface area contributed by atoms with Crippen molar-refractivity contribution in [2.45, 2.75) is 6.42 Å². The Kier molecular flexibility index (Phi) is 2.78. The zero-order valence-electron chi connectivity index (χ0n) is 7.28. The van der Waals surface area contributed by atoms with Crippen LogP contribution in [0.5, 0.6) is 5.75 Å². The highest BCUT2D eigenvalue weighted by molar-refractivity contribution is 5.91. The van der Waals surface area contributed by atoms with E-state index in [0.717, 1.165) is 23.4 Å². The van der Waals surface area contributed by atoms with E-state index in [2.05, 4.69) is 4.99 Å². The van der Waals surface area contributed by atoms with Crippen LogP contribution in [0.25, 0.3) is 0 Å². The molecule has 0 unspecified atom stereocenters. The SMILES string of the molecule is COc1ccc2c(c1)CC(N)=N2.Cl. The van der Waals surface area contributed by atoms with E-state index in [1.807, 2.05) is 18.2 Å². The first kappa shape index (κ1) is 9.86. The lowest BCUT2D eigenvalue weighted by atomic mass is 10.1. The van der Waals surface area contributed by atoms with Crippen molar-refractivity contribution in [3.63, 3.8) is 0 Å². The fourth-order valence-electron chi connectivity index (χ4n) is 1.33. The normalized spacial score (nSPS) is 12.8. The van der Waals surface area contributed by atoms with Crippen molar-refractivity contribution in [3.8, 4) is 5.75 Å². The Bertz CT molecular complexity index is 349. The number of nitrogens with two attached hydrogens (primary N) is 1. The molecule has 2 N–H and O–H groups in total. The summed E-state index contributed by atoms with van der Waals surface area (Å²) < 4.78 is 5.08. The fourth-order valence-corrected chi connectivity index (χ4v) is 1.33. The highest BCUT2D eigenvalue weighted by Gasteiger charge is 2.11. The van der Waals surface area contributed by atoms with Crippen LogP contribution in [0.3, 0.4) is 0 Å². The standard InChI is InChI=1S/C9H10N2O.ClH/c1-12-7-2-3-8-6(4-7)5-9(10)11-8;/h2-4H,5H2,1H3,(H2,10,11);1H. The van der Waals surface area contributed by atoms with Crippen LogP contribution in [-0.2, 0) is 6.42 Å². The fraction of sp³-hybridized carbons (Fsp3) is 0.222. The van der Waals surface area contributed by atoms with Gasteiger partial charge in [-0.1, -0.05) is 0 Å². The van der Waals surface area contributed by atoms with Crippen LogP contribution in [0.15, 0.2) is 23.2 Å². The molecule has 0 saturated heterocycles. The zero-order valence-corrected chi connectivity index (χ0v) is 8.10. The van der Waals surface area contributed by atoms with Crippen molar-refractivity contribution in [1.29, 1.82) is 0 Å². The molecular formula is C9H11ClN2O. The van der Waals surface area contributed by atoms with E-state index in [9.17, 15) is 0 Å². The van der Waals surface area contributed by atoms with Gasteiger partial charge in [-0.2, -0.15) is 0 Å². The number of rotatable bonds is 1. The van der Waals surface area contributed by atoms with E-state index in [1.54, 1.807) is 7.11 Å². The van der Waals surface area contributed by atoms with Crippen LogP contribution in [0.4, 0.5) is 5.69 Å². The predicted octanol–water partition coefficient (Wildman–Crippen LogP) is 1.66. The number of halogens is 1. The van der Waals surface area contributed by atoms with Crippen LogP contribution in [0.1, 0.15) is 5.56 Å². The summed E-state index contributed by atoms with van der Waals surface area (Å²) in [4.78, 5) is 4.17. The second-order valence-corrected chi connectivity index (χ2v) is 2.77. The second-order valence-electron chi connectivity index (χ2n) is 2.77. The average molecular weight is 199 g/mol. The van der Waals surface area contributed by atoms with Gasteiger partial charge in [0, 0.05) is 6.42 Å². The Labute approximate surface area is 83.0 Å². The van der Waals surface area contributed by atoms with Crippen molar-refractivity contribution in [2.75, 3.05) is 7.11 Å². The highest BCUT2D eigenvalue weighted by Crippen LogP contribution is 2.28. The molecular weight excluding hydrogens is 188 g/mol. The Morgan fingerprint density at radius 2 is 2.23 bits per heavy atom. The summed E-state index contributed by atoms with van der Waals surface area (Å²) in [5.41, 5.74) is 7.70. The number of nitrogens with zero attached hydrogens (tertiary/aromatic N) is 1. The number of hydrogen-bond acceptors (Lipinski definition) is 3. The Hall–Kier alpha value is -1.22. The molecule has 0 radical (unpaired) electrons. The molecule has 0 saturated carbocycles. The largest absolute Gasteiger partial charge is 0.497 e. The minimum atomic E-state index is 0. The molecule has 1 aromatic rings. The van der Waals surface area contributed by atoms with E-state index in [4.69, 9.17) is 10.5 Å². The first-order chi connectivity index (χ1) is 5.79. The van der Waals surface area contributed by atoms with Crippen molar-refractivity contribution in [2.24, 2.45) is 10.7 Å². The molecule has 0 aliphatic carbocycles. The van der Waals surface area contributed by atoms with Gasteiger partial charge in [0.1, 0.15) is 11.6 Å². The van der Waals surface area contributed by atoms with Gasteiger partial charge in [-0.15, -0.1) is 12.4 Å². The van der Waals surface area contributed by atoms with Crippen molar-refractivity contribution >= 4 is 23.9 Å². The third-order valence-electron chi connectivity index (χ3n) is 1.92. The molecule has 0 amide bonds. The van der Waals surface area contributed by atoms with Gasteiger partial charge >= 0.3 is 0 Å². The van der Waals surface area contributed by atoms with Crippen LogP contribution < -0.4 is 10.5 Å². The Morgan fingerprint density at radius 3 is 2.92 bits per heavy atom. The molecule has 0 atom stereocenters. The van der Waals surface area contributed by atoms with Crippen LogP contribution in [0.2, 0.25) is 0 Å². The quantitative estimate of drug-likeness (QED) is 0.746. The summed E-state index contributed by atoms with van der Waals surface area (Å²) >= 11 is 0. The van der Waals surface area contributed by atoms with E-state index in [0.29, 0.717) is 5.84 Å². The molecule has 70 valence electrons. The van der Waals surface area contributed by atoms with E-state index >= 15 is 0 Å². The summed E-state index contributed by atoms with van der Waals surface area (Å²) in [5.74, 6) is 1.54. The Morgan fingerprint density at radius 1 is 1.46 bits per heavy atom. The van der Waals surface area contributed by atoms with Gasteiger partial charge in [-0.25, -0.2) is 4.99 Å². The maximum absolute atomic E-state index is 5.59. The van der Waals surface area contributed by atoms with Gasteiger partial charge in [0.2, 0.25) is 0 Å². The average Bonchev–Trinajstić information content (AvgIpc) is 2.43. The van der Waals surface area contributed by atoms with Gasteiger partial charge in [-0.05, 0) is 23.8 Å². The number of aliphatic imine (C=N–C) groups is 1. The number of fused-ring (bicyclic) bond motifs is 1. The first-order valence-electron chi connectivity index (χ1n) is 3.79. The van der Waals surface area contributed by atoms with Crippen molar-refractivity contribution < 1.29 is 4.74 Å². The molecule has 3 nitrogen and oxygen atoms in total. The molecule has 1 heterocycles. The first-order valence-corrected chi connectivity index (χ1v) is 3.79. The summed E-state index contributed by atoms with van der Waals surface area (Å²) in [6, 6.07) is 5.79. The highest BCUT2D eigenvalue weighted by atomic mass is 35.5. The summed E-state index contributed by atoms with van der Waals surface area (Å²) in [6.45, 7) is 0. The molecule has 1 aliphatic heterocycles. The lowest BCUT2D eigenvalue weighted by molar-refractivity contribution is 0.414. The molecule has 0 bridgehead atoms. The maximum Gasteiger partial charge on any atom is 0.119 e. The minimum Gasteiger partial charge on any atom is -0.497 e. The van der Waals surface area contributed by atoms with Crippen molar-refractivity contribution in [1.82, 2.24) is 0 Å². The topological polar surface area (TPSA) is 47.6 Å². The molecule has 4 heteroatoms. The van der Waals surface area contributed by atoms with Gasteiger partial charge in [0.15, 0.2) is 0 Å². The predicted molar refractivity (Wildman–Crippen MR) is 55.2 cm³/mol. The monoisotopic (exact) mass is 198 g/mol. The molecule has 2 rings (SSSR count). The van der Waals surface area contributed by atoms with Gasteiger partial charge in [-0.3, -0.25) is 0 Å². The minimum absolute atomic E-state index is 0. The van der Waals surface area contributed by atoms with Crippen LogP contribution in [0, 0.1) is 0 Å². The summed E-state index contributed by atoms with van der Waals surface area (Å²) in [6.07, 6.45) is 0.743. The number of benzene rings is 1. The molecule has 0 spiro atoms. The molecule has 1 aliphatic rings. The van der Waals surface area contributed by atoms with Crippen molar-refractivity contribution in [3.05, 3.63) is 23.8 Å². The summed E-state index contributed by atoms with van der Waals surface area (Å²) in [5, 5.41) is 0. The molecule has 1 aromatic carbocycles. The lowest BCUT2D eigenvalue weighted by Gasteiger charge is -2.01. The lowest BCUT2D eigenvalue weighted by Crippen LogP contribution is -2.09. The Balaban J connectivity index is 0.000000845. The van der Waals surface area contributed by atoms with E-state index < -0.39 is 0 Å².